The fourth-order valence-electron chi connectivity index (χ4n) is 0.993. The summed E-state index contributed by atoms with van der Waals surface area (Å²) in [7, 11) is 0. The predicted octanol–water partition coefficient (Wildman–Crippen LogP) is 1.16. The van der Waals surface area contributed by atoms with Crippen LogP contribution in [0.1, 0.15) is 11.6 Å². The van der Waals surface area contributed by atoms with Crippen molar-refractivity contribution < 1.29 is 5.11 Å². The quantitative estimate of drug-likeness (QED) is 0.453. The Bertz CT molecular complexity index is 297. The lowest BCUT2D eigenvalue weighted by Gasteiger charge is -2.09. The molecule has 1 atom stereocenters. The normalized spacial score (nSPS) is 12.4. The molecule has 1 rings (SSSR count). The van der Waals surface area contributed by atoms with Gasteiger partial charge in [0.1, 0.15) is 5.75 Å². The van der Waals surface area contributed by atoms with E-state index in [9.17, 15) is 0 Å². The third-order valence-corrected chi connectivity index (χ3v) is 1.68. The van der Waals surface area contributed by atoms with E-state index >= 15 is 0 Å². The second-order valence-corrected chi connectivity index (χ2v) is 2.57. The number of aromatic hydroxyl groups is 1. The van der Waals surface area contributed by atoms with E-state index in [0.29, 0.717) is 5.69 Å². The molecule has 0 heterocycles. The Morgan fingerprint density at radius 3 is 2.67 bits per heavy atom. The van der Waals surface area contributed by atoms with Crippen molar-refractivity contribution in [2.24, 2.45) is 5.73 Å². The summed E-state index contributed by atoms with van der Waals surface area (Å²) in [6, 6.07) is 4.44. The van der Waals surface area contributed by atoms with Crippen LogP contribution < -0.4 is 11.5 Å². The molecule has 64 valence electrons. The summed E-state index contributed by atoms with van der Waals surface area (Å²) < 4.78 is 0. The van der Waals surface area contributed by atoms with E-state index in [0.717, 1.165) is 5.56 Å². The molecule has 0 radical (unpaired) electrons. The lowest BCUT2D eigenvalue weighted by atomic mass is 10.1. The molecule has 3 heteroatoms. The summed E-state index contributed by atoms with van der Waals surface area (Å²) in [5.41, 5.74) is 12.5. The molecular formula is C9H12N2O. The van der Waals surface area contributed by atoms with E-state index in [1.807, 2.05) is 0 Å². The summed E-state index contributed by atoms with van der Waals surface area (Å²) in [6.07, 6.45) is 1.60. The molecule has 0 aliphatic carbocycles. The van der Waals surface area contributed by atoms with Crippen LogP contribution >= 0.6 is 0 Å². The number of rotatable bonds is 2. The van der Waals surface area contributed by atoms with Crippen molar-refractivity contribution >= 4 is 5.69 Å². The molecule has 0 aliphatic heterocycles. The Hall–Kier alpha value is -1.48. The van der Waals surface area contributed by atoms with Crippen LogP contribution in [-0.2, 0) is 0 Å². The first-order valence-corrected chi connectivity index (χ1v) is 3.61. The Morgan fingerprint density at radius 2 is 2.17 bits per heavy atom. The maximum atomic E-state index is 9.05. The van der Waals surface area contributed by atoms with Crippen LogP contribution in [0.25, 0.3) is 0 Å². The fraction of sp³-hybridized carbons (Fsp3) is 0.111. The standard InChI is InChI=1S/C9H12N2O/c1-2-8(10)7-4-3-6(12)5-9(7)11/h2-5,8,12H,1,10-11H2. The summed E-state index contributed by atoms with van der Waals surface area (Å²) in [5, 5.41) is 9.05. The maximum Gasteiger partial charge on any atom is 0.117 e. The van der Waals surface area contributed by atoms with E-state index in [1.165, 1.54) is 6.07 Å². The zero-order valence-corrected chi connectivity index (χ0v) is 6.70. The Labute approximate surface area is 71.3 Å². The minimum absolute atomic E-state index is 0.146. The zero-order valence-electron chi connectivity index (χ0n) is 6.70. The number of phenols is 1. The van der Waals surface area contributed by atoms with E-state index in [-0.39, 0.29) is 11.8 Å². The average Bonchev–Trinajstić information content (AvgIpc) is 2.03. The molecule has 0 fully saturated rings. The molecule has 0 amide bonds. The molecular weight excluding hydrogens is 152 g/mol. The number of phenolic OH excluding ortho intramolecular Hbond substituents is 1. The lowest BCUT2D eigenvalue weighted by Crippen LogP contribution is -2.08. The van der Waals surface area contributed by atoms with Crippen LogP contribution in [0.2, 0.25) is 0 Å². The largest absolute Gasteiger partial charge is 0.508 e. The molecule has 0 aromatic heterocycles. The highest BCUT2D eigenvalue weighted by atomic mass is 16.3. The third kappa shape index (κ3) is 1.57. The second kappa shape index (κ2) is 3.28. The Morgan fingerprint density at radius 1 is 1.50 bits per heavy atom. The number of hydrogen-bond donors (Lipinski definition) is 3. The molecule has 0 saturated heterocycles. The summed E-state index contributed by atoms with van der Waals surface area (Å²) >= 11 is 0. The number of nitrogen functional groups attached to an aromatic ring is 1. The van der Waals surface area contributed by atoms with Crippen LogP contribution in [0.3, 0.4) is 0 Å². The topological polar surface area (TPSA) is 72.3 Å². The fourth-order valence-corrected chi connectivity index (χ4v) is 0.993. The molecule has 1 aromatic carbocycles. The highest BCUT2D eigenvalue weighted by Gasteiger charge is 2.05. The molecule has 0 bridgehead atoms. The molecule has 0 aliphatic rings. The first-order chi connectivity index (χ1) is 5.65. The summed E-state index contributed by atoms with van der Waals surface area (Å²) in [5.74, 6) is 0.146. The van der Waals surface area contributed by atoms with E-state index < -0.39 is 0 Å². The van der Waals surface area contributed by atoms with E-state index in [1.54, 1.807) is 18.2 Å². The average molecular weight is 164 g/mol. The van der Waals surface area contributed by atoms with Crippen molar-refractivity contribution in [1.82, 2.24) is 0 Å². The van der Waals surface area contributed by atoms with Gasteiger partial charge in [0.05, 0.1) is 0 Å². The van der Waals surface area contributed by atoms with Gasteiger partial charge in [0.2, 0.25) is 0 Å². The molecule has 5 N–H and O–H groups in total. The number of benzene rings is 1. The van der Waals surface area contributed by atoms with Gasteiger partial charge in [0.25, 0.3) is 0 Å². The van der Waals surface area contributed by atoms with Crippen LogP contribution in [0, 0.1) is 0 Å². The summed E-state index contributed by atoms with van der Waals surface area (Å²) in [4.78, 5) is 0. The van der Waals surface area contributed by atoms with Gasteiger partial charge < -0.3 is 16.6 Å². The van der Waals surface area contributed by atoms with Gasteiger partial charge in [-0.2, -0.15) is 0 Å². The first kappa shape index (κ1) is 8.62. The molecule has 0 saturated carbocycles. The molecule has 0 spiro atoms. The highest BCUT2D eigenvalue weighted by Crippen LogP contribution is 2.23. The van der Waals surface area contributed by atoms with Crippen molar-refractivity contribution in [3.8, 4) is 5.75 Å². The van der Waals surface area contributed by atoms with Crippen LogP contribution in [-0.4, -0.2) is 5.11 Å². The van der Waals surface area contributed by atoms with Crippen LogP contribution in [0.15, 0.2) is 30.9 Å². The van der Waals surface area contributed by atoms with Gasteiger partial charge in [-0.05, 0) is 11.6 Å². The van der Waals surface area contributed by atoms with Crippen molar-refractivity contribution in [3.05, 3.63) is 36.4 Å². The molecule has 1 unspecified atom stereocenters. The van der Waals surface area contributed by atoms with Crippen molar-refractivity contribution in [3.63, 3.8) is 0 Å². The van der Waals surface area contributed by atoms with Gasteiger partial charge in [-0.1, -0.05) is 12.1 Å². The lowest BCUT2D eigenvalue weighted by molar-refractivity contribution is 0.475. The minimum atomic E-state index is -0.273. The van der Waals surface area contributed by atoms with E-state index in [2.05, 4.69) is 6.58 Å². The smallest absolute Gasteiger partial charge is 0.117 e. The van der Waals surface area contributed by atoms with Crippen molar-refractivity contribution in [1.29, 1.82) is 0 Å². The van der Waals surface area contributed by atoms with Crippen LogP contribution in [0.4, 0.5) is 5.69 Å². The van der Waals surface area contributed by atoms with Gasteiger partial charge >= 0.3 is 0 Å². The van der Waals surface area contributed by atoms with E-state index in [4.69, 9.17) is 16.6 Å². The predicted molar refractivity (Wildman–Crippen MR) is 49.6 cm³/mol. The van der Waals surface area contributed by atoms with Crippen molar-refractivity contribution in [2.45, 2.75) is 6.04 Å². The van der Waals surface area contributed by atoms with Gasteiger partial charge in [0.15, 0.2) is 0 Å². The number of nitrogens with two attached hydrogens (primary N) is 2. The monoisotopic (exact) mass is 164 g/mol. The zero-order chi connectivity index (χ0) is 9.14. The second-order valence-electron chi connectivity index (χ2n) is 2.57. The summed E-state index contributed by atoms with van der Waals surface area (Å²) in [6.45, 7) is 3.56. The van der Waals surface area contributed by atoms with Gasteiger partial charge in [-0.25, -0.2) is 0 Å². The number of hydrogen-bond acceptors (Lipinski definition) is 3. The van der Waals surface area contributed by atoms with Gasteiger partial charge in [-0.15, -0.1) is 6.58 Å². The third-order valence-electron chi connectivity index (χ3n) is 1.68. The number of anilines is 1. The first-order valence-electron chi connectivity index (χ1n) is 3.61. The van der Waals surface area contributed by atoms with Gasteiger partial charge in [0, 0.05) is 17.8 Å². The SMILES string of the molecule is C=CC(N)c1ccc(O)cc1N. The van der Waals surface area contributed by atoms with Crippen LogP contribution in [0.5, 0.6) is 5.75 Å². The van der Waals surface area contributed by atoms with Gasteiger partial charge in [-0.3, -0.25) is 0 Å². The molecule has 3 nitrogen and oxygen atoms in total. The minimum Gasteiger partial charge on any atom is -0.508 e. The molecule has 12 heavy (non-hydrogen) atoms. The Kier molecular flexibility index (Phi) is 2.35. The molecule has 1 aromatic rings. The Balaban J connectivity index is 3.09. The maximum absolute atomic E-state index is 9.05. The van der Waals surface area contributed by atoms with Crippen molar-refractivity contribution in [2.75, 3.05) is 5.73 Å². The highest BCUT2D eigenvalue weighted by molar-refractivity contribution is 5.53.